The van der Waals surface area contributed by atoms with Crippen LogP contribution < -0.4 is 5.32 Å². The monoisotopic (exact) mass is 555 g/mol. The van der Waals surface area contributed by atoms with Crippen LogP contribution in [0.1, 0.15) is 120 Å². The number of phenolic OH excluding ortho intramolecular Hbond substituents is 1. The van der Waals surface area contributed by atoms with E-state index in [-0.39, 0.29) is 17.2 Å². The molecular formula is C31H45N3O2S2. The largest absolute Gasteiger partial charge is 0.506 e. The molecule has 0 aliphatic rings. The molecule has 7 heteroatoms. The van der Waals surface area contributed by atoms with Gasteiger partial charge in [-0.1, -0.05) is 157 Å². The highest BCUT2D eigenvalue weighted by molar-refractivity contribution is 8.01. The first-order chi connectivity index (χ1) is 18.7. The number of hydrogen-bond acceptors (Lipinski definition) is 6. The maximum Gasteiger partial charge on any atom is 0.261 e. The number of anilines is 1. The molecule has 0 radical (unpaired) electrons. The van der Waals surface area contributed by atoms with Crippen molar-refractivity contribution in [2.45, 2.75) is 114 Å². The lowest BCUT2D eigenvalue weighted by Gasteiger charge is -2.07. The summed E-state index contributed by atoms with van der Waals surface area (Å²) in [4.78, 5) is 12.7. The zero-order chi connectivity index (χ0) is 26.8. The molecule has 208 valence electrons. The third-order valence-electron chi connectivity index (χ3n) is 7.00. The van der Waals surface area contributed by atoms with Crippen LogP contribution in [0.4, 0.5) is 5.13 Å². The molecule has 0 spiro atoms. The van der Waals surface area contributed by atoms with E-state index in [0.29, 0.717) is 10.5 Å². The molecule has 3 aromatic rings. The number of carbonyl (C=O) groups excluding carboxylic acids is 1. The first kappa shape index (κ1) is 30.4. The normalized spacial score (nSPS) is 11.3. The molecule has 0 saturated heterocycles. The number of thioether (sulfide) groups is 1. The Kier molecular flexibility index (Phi) is 14.6. The number of nitrogens with one attached hydrogen (secondary N) is 1. The fourth-order valence-corrected chi connectivity index (χ4v) is 6.55. The van der Waals surface area contributed by atoms with Crippen molar-refractivity contribution in [1.29, 1.82) is 0 Å². The molecule has 1 amide bonds. The van der Waals surface area contributed by atoms with Gasteiger partial charge in [-0.25, -0.2) is 0 Å². The number of nitrogens with zero attached hydrogens (tertiary/aromatic N) is 2. The number of amides is 1. The van der Waals surface area contributed by atoms with Gasteiger partial charge in [-0.3, -0.25) is 10.1 Å². The molecule has 1 aromatic heterocycles. The smallest absolute Gasteiger partial charge is 0.261 e. The number of rotatable bonds is 20. The van der Waals surface area contributed by atoms with Crippen LogP contribution in [0.25, 0.3) is 10.8 Å². The molecule has 5 nitrogen and oxygen atoms in total. The van der Waals surface area contributed by atoms with Crippen LogP contribution in [0.15, 0.2) is 40.7 Å². The van der Waals surface area contributed by atoms with Crippen molar-refractivity contribution in [3.8, 4) is 5.75 Å². The highest BCUT2D eigenvalue weighted by Crippen LogP contribution is 2.31. The Morgan fingerprint density at radius 3 is 2.00 bits per heavy atom. The summed E-state index contributed by atoms with van der Waals surface area (Å²) in [5.74, 6) is 0.633. The highest BCUT2D eigenvalue weighted by atomic mass is 32.2. The SMILES string of the molecule is CCCCCCCCCCCCCCCCCCSc1nnc(NC(=O)c2ccc3ccccc3c2O)s1. The number of hydrogen-bond donors (Lipinski definition) is 2. The fourth-order valence-electron chi connectivity index (χ4n) is 4.73. The number of benzene rings is 2. The van der Waals surface area contributed by atoms with Crippen molar-refractivity contribution in [1.82, 2.24) is 10.2 Å². The molecule has 0 aliphatic carbocycles. The van der Waals surface area contributed by atoms with E-state index < -0.39 is 0 Å². The summed E-state index contributed by atoms with van der Waals surface area (Å²) in [5, 5.41) is 23.6. The number of unbranched alkanes of at least 4 members (excludes halogenated alkanes) is 15. The third-order valence-corrected chi connectivity index (χ3v) is 9.05. The summed E-state index contributed by atoms with van der Waals surface area (Å²) < 4.78 is 0.865. The Morgan fingerprint density at radius 2 is 1.37 bits per heavy atom. The van der Waals surface area contributed by atoms with Crippen LogP contribution in [0.5, 0.6) is 5.75 Å². The van der Waals surface area contributed by atoms with Gasteiger partial charge in [0.1, 0.15) is 5.75 Å². The van der Waals surface area contributed by atoms with E-state index in [1.165, 1.54) is 114 Å². The summed E-state index contributed by atoms with van der Waals surface area (Å²) in [6.07, 6.45) is 22.0. The predicted octanol–water partition coefficient (Wildman–Crippen LogP) is 10.0. The average Bonchev–Trinajstić information content (AvgIpc) is 3.37. The van der Waals surface area contributed by atoms with E-state index >= 15 is 0 Å². The Balaban J connectivity index is 1.19. The van der Waals surface area contributed by atoms with Gasteiger partial charge < -0.3 is 5.11 Å². The van der Waals surface area contributed by atoms with Crippen molar-refractivity contribution in [2.75, 3.05) is 11.1 Å². The van der Waals surface area contributed by atoms with Crippen molar-refractivity contribution in [3.05, 3.63) is 42.0 Å². The molecule has 0 aliphatic heterocycles. The van der Waals surface area contributed by atoms with Crippen LogP contribution in [0.3, 0.4) is 0 Å². The summed E-state index contributed by atoms with van der Waals surface area (Å²) in [6.45, 7) is 2.28. The number of aromatic hydroxyl groups is 1. The van der Waals surface area contributed by atoms with Crippen molar-refractivity contribution in [3.63, 3.8) is 0 Å². The highest BCUT2D eigenvalue weighted by Gasteiger charge is 2.16. The standard InChI is InChI=1S/C31H45N3O2S2/c1-2-3-4-5-6-7-8-9-10-11-12-13-14-15-16-19-24-37-31-34-33-30(38-31)32-29(36)27-23-22-25-20-17-18-21-26(25)28(27)35/h17-18,20-23,35H,2-16,19,24H2,1H3,(H,32,33,36). The number of aromatic nitrogens is 2. The third kappa shape index (κ3) is 10.9. The number of fused-ring (bicyclic) bond motifs is 1. The maximum atomic E-state index is 12.7. The van der Waals surface area contributed by atoms with Crippen LogP contribution in [-0.2, 0) is 0 Å². The molecule has 0 unspecified atom stereocenters. The van der Waals surface area contributed by atoms with Crippen molar-refractivity contribution < 1.29 is 9.90 Å². The van der Waals surface area contributed by atoms with E-state index in [1.54, 1.807) is 23.9 Å². The Morgan fingerprint density at radius 1 is 0.789 bits per heavy atom. The van der Waals surface area contributed by atoms with Crippen LogP contribution in [-0.4, -0.2) is 27.0 Å². The minimum Gasteiger partial charge on any atom is -0.506 e. The molecule has 2 aromatic carbocycles. The summed E-state index contributed by atoms with van der Waals surface area (Å²) in [6, 6.07) is 10.9. The number of phenols is 1. The van der Waals surface area contributed by atoms with Gasteiger partial charge in [0.25, 0.3) is 5.91 Å². The van der Waals surface area contributed by atoms with Gasteiger partial charge in [-0.2, -0.15) is 0 Å². The van der Waals surface area contributed by atoms with Crippen LogP contribution in [0, 0.1) is 0 Å². The summed E-state index contributed by atoms with van der Waals surface area (Å²) in [5.41, 5.74) is 0.237. The van der Waals surface area contributed by atoms with Gasteiger partial charge in [0.05, 0.1) is 5.56 Å². The van der Waals surface area contributed by atoms with E-state index in [4.69, 9.17) is 0 Å². The lowest BCUT2D eigenvalue weighted by molar-refractivity contribution is 0.102. The Hall–Kier alpha value is -2.12. The minimum absolute atomic E-state index is 0.0109. The van der Waals surface area contributed by atoms with Gasteiger partial charge in [-0.15, -0.1) is 10.2 Å². The molecule has 0 bridgehead atoms. The first-order valence-electron chi connectivity index (χ1n) is 14.7. The second-order valence-corrected chi connectivity index (χ2v) is 12.5. The summed E-state index contributed by atoms with van der Waals surface area (Å²) >= 11 is 3.08. The maximum absolute atomic E-state index is 12.7. The predicted molar refractivity (Wildman–Crippen MR) is 164 cm³/mol. The second-order valence-electron chi connectivity index (χ2n) is 10.2. The van der Waals surface area contributed by atoms with Gasteiger partial charge >= 0.3 is 0 Å². The Bertz CT molecular complexity index is 1090. The zero-order valence-electron chi connectivity index (χ0n) is 23.1. The zero-order valence-corrected chi connectivity index (χ0v) is 24.7. The van der Waals surface area contributed by atoms with Gasteiger partial charge in [-0.05, 0) is 17.9 Å². The molecule has 2 N–H and O–H groups in total. The number of carbonyl (C=O) groups is 1. The fraction of sp³-hybridized carbons (Fsp3) is 0.581. The van der Waals surface area contributed by atoms with E-state index in [0.717, 1.165) is 15.5 Å². The molecule has 0 atom stereocenters. The molecule has 38 heavy (non-hydrogen) atoms. The van der Waals surface area contributed by atoms with Gasteiger partial charge in [0.15, 0.2) is 4.34 Å². The lowest BCUT2D eigenvalue weighted by atomic mass is 10.0. The molecular weight excluding hydrogens is 510 g/mol. The van der Waals surface area contributed by atoms with Gasteiger partial charge in [0.2, 0.25) is 5.13 Å². The van der Waals surface area contributed by atoms with E-state index in [1.807, 2.05) is 24.3 Å². The second kappa shape index (κ2) is 18.2. The van der Waals surface area contributed by atoms with E-state index in [2.05, 4.69) is 22.4 Å². The first-order valence-corrected chi connectivity index (χ1v) is 16.5. The van der Waals surface area contributed by atoms with E-state index in [9.17, 15) is 9.90 Å². The topological polar surface area (TPSA) is 75.1 Å². The van der Waals surface area contributed by atoms with Crippen LogP contribution >= 0.6 is 23.1 Å². The quantitative estimate of drug-likeness (QED) is 0.0824. The lowest BCUT2D eigenvalue weighted by Crippen LogP contribution is -2.12. The van der Waals surface area contributed by atoms with Gasteiger partial charge in [0, 0.05) is 11.1 Å². The molecule has 3 rings (SSSR count). The van der Waals surface area contributed by atoms with Crippen molar-refractivity contribution in [2.24, 2.45) is 0 Å². The van der Waals surface area contributed by atoms with Crippen molar-refractivity contribution >= 4 is 44.9 Å². The Labute approximate surface area is 237 Å². The molecule has 1 heterocycles. The minimum atomic E-state index is -0.376. The molecule has 0 fully saturated rings. The average molecular weight is 556 g/mol. The molecule has 0 saturated carbocycles. The van der Waals surface area contributed by atoms with Crippen LogP contribution in [0.2, 0.25) is 0 Å². The summed E-state index contributed by atoms with van der Waals surface area (Å²) in [7, 11) is 0.